The number of methoxy groups -OCH3 is 1. The molecule has 6 heteroatoms. The number of Topliss-reactive ketones (excluding diaryl/α,β-unsaturated/α-hetero) is 1. The molecule has 0 spiro atoms. The summed E-state index contributed by atoms with van der Waals surface area (Å²) in [6.45, 7) is 2.51. The number of carbonyl (C=O) groups is 1. The molecule has 0 amide bonds. The van der Waals surface area contributed by atoms with Crippen molar-refractivity contribution in [3.8, 4) is 11.5 Å². The Kier molecular flexibility index (Phi) is 5.85. The molecule has 0 heterocycles. The van der Waals surface area contributed by atoms with Crippen LogP contribution in [-0.4, -0.2) is 25.7 Å². The van der Waals surface area contributed by atoms with Gasteiger partial charge in [-0.2, -0.15) is 13.2 Å². The second kappa shape index (κ2) is 7.17. The van der Waals surface area contributed by atoms with E-state index < -0.39 is 17.5 Å². The molecule has 0 aliphatic carbocycles. The lowest BCUT2D eigenvalue weighted by molar-refractivity contribution is -0.0885. The van der Waals surface area contributed by atoms with E-state index in [1.54, 1.807) is 0 Å². The molecule has 0 radical (unpaired) electrons. The van der Waals surface area contributed by atoms with Crippen LogP contribution in [0.2, 0.25) is 0 Å². The Balaban J connectivity index is 2.83. The van der Waals surface area contributed by atoms with E-state index in [0.717, 1.165) is 31.4 Å². The Morgan fingerprint density at radius 2 is 1.90 bits per heavy atom. The third-order valence-electron chi connectivity index (χ3n) is 2.69. The zero-order chi connectivity index (χ0) is 15.2. The van der Waals surface area contributed by atoms with Crippen LogP contribution in [0.25, 0.3) is 0 Å². The Bertz CT molecular complexity index is 455. The predicted molar refractivity (Wildman–Crippen MR) is 68.4 cm³/mol. The molecule has 1 aromatic carbocycles. The van der Waals surface area contributed by atoms with Gasteiger partial charge in [-0.05, 0) is 24.6 Å². The van der Waals surface area contributed by atoms with E-state index in [4.69, 9.17) is 9.47 Å². The minimum atomic E-state index is -4.89. The average molecular weight is 290 g/mol. The van der Waals surface area contributed by atoms with Crippen LogP contribution in [0.3, 0.4) is 0 Å². The Morgan fingerprint density at radius 3 is 2.45 bits per heavy atom. The van der Waals surface area contributed by atoms with Crippen molar-refractivity contribution in [1.29, 1.82) is 0 Å². The minimum absolute atomic E-state index is 0.122. The van der Waals surface area contributed by atoms with E-state index in [9.17, 15) is 18.0 Å². The first-order chi connectivity index (χ1) is 9.40. The van der Waals surface area contributed by atoms with Gasteiger partial charge in [0.25, 0.3) is 5.78 Å². The molecule has 1 aromatic rings. The summed E-state index contributed by atoms with van der Waals surface area (Å²) in [5.41, 5.74) is -0.463. The molecule has 0 saturated heterocycles. The standard InChI is InChI=1S/C14H17F3O3/c1-3-4-5-8-20-11-7-6-10(9-12(11)19-2)13(18)14(15,16)17/h6-7,9H,3-5,8H2,1-2H3. The lowest BCUT2D eigenvalue weighted by Gasteiger charge is -2.12. The van der Waals surface area contributed by atoms with Crippen LogP contribution in [-0.2, 0) is 0 Å². The third kappa shape index (κ3) is 4.43. The number of hydrogen-bond donors (Lipinski definition) is 0. The molecule has 0 aliphatic rings. The van der Waals surface area contributed by atoms with Crippen molar-refractivity contribution in [2.75, 3.05) is 13.7 Å². The Morgan fingerprint density at radius 1 is 1.20 bits per heavy atom. The van der Waals surface area contributed by atoms with Gasteiger partial charge in [-0.3, -0.25) is 4.79 Å². The second-order valence-electron chi connectivity index (χ2n) is 4.25. The van der Waals surface area contributed by atoms with Gasteiger partial charge in [-0.25, -0.2) is 0 Å². The smallest absolute Gasteiger partial charge is 0.454 e. The largest absolute Gasteiger partial charge is 0.493 e. The second-order valence-corrected chi connectivity index (χ2v) is 4.25. The molecular formula is C14H17F3O3. The number of hydrogen-bond acceptors (Lipinski definition) is 3. The monoisotopic (exact) mass is 290 g/mol. The number of carbonyl (C=O) groups excluding carboxylic acids is 1. The summed E-state index contributed by atoms with van der Waals surface area (Å²) in [7, 11) is 1.32. The Labute approximate surface area is 115 Å². The number of rotatable bonds is 7. The molecule has 0 N–H and O–H groups in total. The molecule has 0 aromatic heterocycles. The van der Waals surface area contributed by atoms with Crippen molar-refractivity contribution < 1.29 is 27.4 Å². The van der Waals surface area contributed by atoms with Gasteiger partial charge in [0.1, 0.15) is 0 Å². The van der Waals surface area contributed by atoms with E-state index in [0.29, 0.717) is 12.4 Å². The lowest BCUT2D eigenvalue weighted by Crippen LogP contribution is -2.22. The minimum Gasteiger partial charge on any atom is -0.493 e. The number of benzene rings is 1. The van der Waals surface area contributed by atoms with Crippen LogP contribution in [0.4, 0.5) is 13.2 Å². The van der Waals surface area contributed by atoms with Crippen molar-refractivity contribution in [3.63, 3.8) is 0 Å². The zero-order valence-electron chi connectivity index (χ0n) is 11.4. The maximum atomic E-state index is 12.3. The Hall–Kier alpha value is -1.72. The summed E-state index contributed by atoms with van der Waals surface area (Å²) in [4.78, 5) is 11.1. The van der Waals surface area contributed by atoms with Crippen molar-refractivity contribution in [2.24, 2.45) is 0 Å². The van der Waals surface area contributed by atoms with Crippen LogP contribution >= 0.6 is 0 Å². The van der Waals surface area contributed by atoms with Gasteiger partial charge in [0.2, 0.25) is 0 Å². The molecule has 20 heavy (non-hydrogen) atoms. The summed E-state index contributed by atoms with van der Waals surface area (Å²) in [6, 6.07) is 3.46. The van der Waals surface area contributed by atoms with Gasteiger partial charge in [-0.15, -0.1) is 0 Å². The molecule has 0 aliphatic heterocycles. The summed E-state index contributed by atoms with van der Waals surface area (Å²) in [5.74, 6) is -1.44. The van der Waals surface area contributed by atoms with Crippen LogP contribution in [0.5, 0.6) is 11.5 Å². The van der Waals surface area contributed by atoms with Crippen LogP contribution in [0.1, 0.15) is 36.5 Å². The highest BCUT2D eigenvalue weighted by Crippen LogP contribution is 2.31. The quantitative estimate of drug-likeness (QED) is 0.562. The molecule has 0 atom stereocenters. The number of ether oxygens (including phenoxy) is 2. The molecule has 0 unspecified atom stereocenters. The van der Waals surface area contributed by atoms with Crippen molar-refractivity contribution in [1.82, 2.24) is 0 Å². The number of alkyl halides is 3. The van der Waals surface area contributed by atoms with Gasteiger partial charge in [0.05, 0.1) is 13.7 Å². The predicted octanol–water partition coefficient (Wildman–Crippen LogP) is 4.01. The maximum absolute atomic E-state index is 12.3. The number of ketones is 1. The van der Waals surface area contributed by atoms with E-state index in [-0.39, 0.29) is 5.75 Å². The third-order valence-corrected chi connectivity index (χ3v) is 2.69. The van der Waals surface area contributed by atoms with Gasteiger partial charge in [0, 0.05) is 5.56 Å². The van der Waals surface area contributed by atoms with Gasteiger partial charge in [0.15, 0.2) is 11.5 Å². The average Bonchev–Trinajstić information content (AvgIpc) is 2.41. The number of halogens is 3. The summed E-state index contributed by atoms with van der Waals surface area (Å²) in [5, 5.41) is 0. The zero-order valence-corrected chi connectivity index (χ0v) is 11.4. The van der Waals surface area contributed by atoms with E-state index in [1.165, 1.54) is 13.2 Å². The first-order valence-electron chi connectivity index (χ1n) is 6.32. The lowest BCUT2D eigenvalue weighted by atomic mass is 10.1. The first kappa shape index (κ1) is 16.3. The molecule has 112 valence electrons. The van der Waals surface area contributed by atoms with E-state index >= 15 is 0 Å². The fourth-order valence-corrected chi connectivity index (χ4v) is 1.63. The molecule has 3 nitrogen and oxygen atoms in total. The van der Waals surface area contributed by atoms with Gasteiger partial charge >= 0.3 is 6.18 Å². The molecule has 0 saturated carbocycles. The van der Waals surface area contributed by atoms with Crippen molar-refractivity contribution in [3.05, 3.63) is 23.8 Å². The van der Waals surface area contributed by atoms with Crippen molar-refractivity contribution >= 4 is 5.78 Å². The highest BCUT2D eigenvalue weighted by atomic mass is 19.4. The maximum Gasteiger partial charge on any atom is 0.454 e. The topological polar surface area (TPSA) is 35.5 Å². The van der Waals surface area contributed by atoms with Gasteiger partial charge < -0.3 is 9.47 Å². The molecular weight excluding hydrogens is 273 g/mol. The summed E-state index contributed by atoms with van der Waals surface area (Å²) < 4.78 is 47.4. The fourth-order valence-electron chi connectivity index (χ4n) is 1.63. The van der Waals surface area contributed by atoms with Gasteiger partial charge in [-0.1, -0.05) is 19.8 Å². The summed E-state index contributed by atoms with van der Waals surface area (Å²) in [6.07, 6.45) is -2.00. The van der Waals surface area contributed by atoms with Crippen molar-refractivity contribution in [2.45, 2.75) is 32.4 Å². The molecule has 0 bridgehead atoms. The fraction of sp³-hybridized carbons (Fsp3) is 0.500. The summed E-state index contributed by atoms with van der Waals surface area (Å²) >= 11 is 0. The molecule has 1 rings (SSSR count). The first-order valence-corrected chi connectivity index (χ1v) is 6.32. The highest BCUT2D eigenvalue weighted by Gasteiger charge is 2.39. The van der Waals surface area contributed by atoms with Crippen LogP contribution in [0, 0.1) is 0 Å². The van der Waals surface area contributed by atoms with Crippen LogP contribution in [0.15, 0.2) is 18.2 Å². The van der Waals surface area contributed by atoms with Crippen LogP contribution < -0.4 is 9.47 Å². The van der Waals surface area contributed by atoms with E-state index in [2.05, 4.69) is 6.92 Å². The highest BCUT2D eigenvalue weighted by molar-refractivity contribution is 6.00. The van der Waals surface area contributed by atoms with E-state index in [1.807, 2.05) is 0 Å². The molecule has 0 fully saturated rings. The normalized spacial score (nSPS) is 11.2. The SMILES string of the molecule is CCCCCOc1ccc(C(=O)C(F)(F)F)cc1OC. The number of unbranched alkanes of at least 4 members (excludes halogenated alkanes) is 2.